The van der Waals surface area contributed by atoms with Gasteiger partial charge >= 0.3 is 0 Å². The van der Waals surface area contributed by atoms with Crippen molar-refractivity contribution in [1.82, 2.24) is 14.7 Å². The molecule has 5 rings (SSSR count). The summed E-state index contributed by atoms with van der Waals surface area (Å²) in [5, 5.41) is 7.83. The van der Waals surface area contributed by atoms with Crippen molar-refractivity contribution in [1.29, 1.82) is 0 Å². The van der Waals surface area contributed by atoms with Gasteiger partial charge in [-0.2, -0.15) is 5.10 Å². The van der Waals surface area contributed by atoms with Crippen LogP contribution in [0.4, 0.5) is 11.4 Å². The molecule has 3 aromatic carbocycles. The second kappa shape index (κ2) is 9.93. The molecule has 0 unspecified atom stereocenters. The zero-order chi connectivity index (χ0) is 23.3. The lowest BCUT2D eigenvalue weighted by molar-refractivity contribution is 0.102. The van der Waals surface area contributed by atoms with Gasteiger partial charge in [0.1, 0.15) is 5.69 Å². The van der Waals surface area contributed by atoms with Gasteiger partial charge < -0.3 is 15.1 Å². The molecular formula is C28H29N5O. The van der Waals surface area contributed by atoms with E-state index < -0.39 is 0 Å². The number of aromatic nitrogens is 2. The summed E-state index contributed by atoms with van der Waals surface area (Å²) in [4.78, 5) is 18.0. The minimum absolute atomic E-state index is 0.162. The minimum Gasteiger partial charge on any atom is -0.369 e. The van der Waals surface area contributed by atoms with Gasteiger partial charge in [0.05, 0.1) is 12.1 Å². The molecule has 1 amide bonds. The third kappa shape index (κ3) is 5.02. The molecule has 1 aliphatic rings. The molecule has 0 saturated carbocycles. The molecule has 1 aliphatic heterocycles. The van der Waals surface area contributed by atoms with Gasteiger partial charge in [0.25, 0.3) is 5.91 Å². The second-order valence-corrected chi connectivity index (χ2v) is 8.73. The van der Waals surface area contributed by atoms with Crippen molar-refractivity contribution in [2.45, 2.75) is 6.54 Å². The molecule has 34 heavy (non-hydrogen) atoms. The van der Waals surface area contributed by atoms with Gasteiger partial charge in [0.2, 0.25) is 0 Å². The Kier molecular flexibility index (Phi) is 6.40. The Morgan fingerprint density at radius 1 is 0.853 bits per heavy atom. The Morgan fingerprint density at radius 2 is 1.50 bits per heavy atom. The fraction of sp³-hybridized carbons (Fsp3) is 0.214. The predicted octanol–water partition coefficient (Wildman–Crippen LogP) is 4.60. The van der Waals surface area contributed by atoms with E-state index >= 15 is 0 Å². The molecule has 6 nitrogen and oxygen atoms in total. The van der Waals surface area contributed by atoms with Crippen LogP contribution in [0.3, 0.4) is 0 Å². The monoisotopic (exact) mass is 451 g/mol. The molecule has 0 aliphatic carbocycles. The number of carbonyl (C=O) groups is 1. The Hall–Kier alpha value is -3.90. The largest absolute Gasteiger partial charge is 0.369 e. The summed E-state index contributed by atoms with van der Waals surface area (Å²) in [5.41, 5.74) is 5.26. The van der Waals surface area contributed by atoms with Crippen molar-refractivity contribution < 1.29 is 4.79 Å². The third-order valence-electron chi connectivity index (χ3n) is 6.23. The zero-order valence-corrected chi connectivity index (χ0v) is 19.4. The molecule has 4 aromatic rings. The lowest BCUT2D eigenvalue weighted by Gasteiger charge is -2.34. The van der Waals surface area contributed by atoms with Gasteiger partial charge in [-0.1, -0.05) is 60.7 Å². The standard InChI is InChI=1S/C28H29N5O/c1-31-16-18-32(19-17-31)25-14-12-24(13-15-25)29-28(34)26-21-33(20-22-8-4-2-5-9-22)30-27(26)23-10-6-3-7-11-23/h2-15,21H,16-20H2,1H3,(H,29,34). The smallest absolute Gasteiger partial charge is 0.259 e. The minimum atomic E-state index is -0.162. The number of likely N-dealkylation sites (N-methyl/N-ethyl adjacent to an activating group) is 1. The SMILES string of the molecule is CN1CCN(c2ccc(NC(=O)c3cn(Cc4ccccc4)nc3-c3ccccc3)cc2)CC1. The van der Waals surface area contributed by atoms with Crippen molar-refractivity contribution in [2.75, 3.05) is 43.4 Å². The molecule has 0 atom stereocenters. The van der Waals surface area contributed by atoms with Gasteiger partial charge in [-0.05, 0) is 36.9 Å². The number of hydrogen-bond acceptors (Lipinski definition) is 4. The molecule has 2 heterocycles. The zero-order valence-electron chi connectivity index (χ0n) is 19.4. The number of rotatable bonds is 6. The van der Waals surface area contributed by atoms with E-state index in [4.69, 9.17) is 5.10 Å². The van der Waals surface area contributed by atoms with Crippen molar-refractivity contribution in [3.8, 4) is 11.3 Å². The van der Waals surface area contributed by atoms with Crippen molar-refractivity contribution >= 4 is 17.3 Å². The molecular weight excluding hydrogens is 422 g/mol. The van der Waals surface area contributed by atoms with Crippen LogP contribution in [0.25, 0.3) is 11.3 Å². The summed E-state index contributed by atoms with van der Waals surface area (Å²) in [6, 6.07) is 28.1. The topological polar surface area (TPSA) is 53.4 Å². The van der Waals surface area contributed by atoms with Crippen LogP contribution in [-0.4, -0.2) is 53.8 Å². The molecule has 6 heteroatoms. The lowest BCUT2D eigenvalue weighted by atomic mass is 10.1. The van der Waals surface area contributed by atoms with Crippen LogP contribution in [0.15, 0.2) is 91.1 Å². The molecule has 172 valence electrons. The Labute approximate surface area is 200 Å². The van der Waals surface area contributed by atoms with Gasteiger partial charge in [-0.25, -0.2) is 0 Å². The quantitative estimate of drug-likeness (QED) is 0.465. The van der Waals surface area contributed by atoms with Gasteiger partial charge in [0, 0.05) is 49.3 Å². The highest BCUT2D eigenvalue weighted by Gasteiger charge is 2.19. The molecule has 0 spiro atoms. The summed E-state index contributed by atoms with van der Waals surface area (Å²) in [6.07, 6.45) is 1.84. The summed E-state index contributed by atoms with van der Waals surface area (Å²) < 4.78 is 1.84. The fourth-order valence-electron chi connectivity index (χ4n) is 4.27. The van der Waals surface area contributed by atoms with E-state index in [-0.39, 0.29) is 5.91 Å². The van der Waals surface area contributed by atoms with Gasteiger partial charge in [0.15, 0.2) is 0 Å². The third-order valence-corrected chi connectivity index (χ3v) is 6.23. The van der Waals surface area contributed by atoms with E-state index in [1.54, 1.807) is 0 Å². The first kappa shape index (κ1) is 21.9. The normalized spacial score (nSPS) is 14.2. The highest BCUT2D eigenvalue weighted by molar-refractivity contribution is 6.08. The lowest BCUT2D eigenvalue weighted by Crippen LogP contribution is -2.44. The predicted molar refractivity (Wildman–Crippen MR) is 137 cm³/mol. The molecule has 0 radical (unpaired) electrons. The van der Waals surface area contributed by atoms with Crippen LogP contribution in [0.5, 0.6) is 0 Å². The van der Waals surface area contributed by atoms with E-state index in [0.717, 1.165) is 43.0 Å². The molecule has 1 saturated heterocycles. The number of nitrogens with zero attached hydrogens (tertiary/aromatic N) is 4. The van der Waals surface area contributed by atoms with E-state index in [2.05, 4.69) is 46.4 Å². The van der Waals surface area contributed by atoms with Crippen LogP contribution in [0.1, 0.15) is 15.9 Å². The van der Waals surface area contributed by atoms with E-state index in [1.165, 1.54) is 5.69 Å². The maximum Gasteiger partial charge on any atom is 0.259 e. The van der Waals surface area contributed by atoms with Crippen LogP contribution < -0.4 is 10.2 Å². The number of anilines is 2. The van der Waals surface area contributed by atoms with Crippen molar-refractivity contribution in [2.24, 2.45) is 0 Å². The molecule has 1 fully saturated rings. The molecule has 0 bridgehead atoms. The average molecular weight is 452 g/mol. The first-order valence-corrected chi connectivity index (χ1v) is 11.7. The van der Waals surface area contributed by atoms with E-state index in [1.807, 2.05) is 71.5 Å². The number of amides is 1. The highest BCUT2D eigenvalue weighted by Crippen LogP contribution is 2.25. The summed E-state index contributed by atoms with van der Waals surface area (Å²) in [6.45, 7) is 4.77. The first-order valence-electron chi connectivity index (χ1n) is 11.7. The summed E-state index contributed by atoms with van der Waals surface area (Å²) in [5.74, 6) is -0.162. The highest BCUT2D eigenvalue weighted by atomic mass is 16.1. The number of carbonyl (C=O) groups excluding carboxylic acids is 1. The maximum absolute atomic E-state index is 13.3. The van der Waals surface area contributed by atoms with Crippen molar-refractivity contribution in [3.63, 3.8) is 0 Å². The number of benzene rings is 3. The Morgan fingerprint density at radius 3 is 2.18 bits per heavy atom. The van der Waals surface area contributed by atoms with Gasteiger partial charge in [-0.15, -0.1) is 0 Å². The molecule has 1 N–H and O–H groups in total. The summed E-state index contributed by atoms with van der Waals surface area (Å²) >= 11 is 0. The molecule has 1 aromatic heterocycles. The van der Waals surface area contributed by atoms with E-state index in [0.29, 0.717) is 17.8 Å². The van der Waals surface area contributed by atoms with Crippen molar-refractivity contribution in [3.05, 3.63) is 102 Å². The Bertz CT molecular complexity index is 1230. The number of hydrogen-bond donors (Lipinski definition) is 1. The van der Waals surface area contributed by atoms with E-state index in [9.17, 15) is 4.79 Å². The first-order chi connectivity index (χ1) is 16.7. The second-order valence-electron chi connectivity index (χ2n) is 8.73. The van der Waals surface area contributed by atoms with Crippen LogP contribution in [0, 0.1) is 0 Å². The maximum atomic E-state index is 13.3. The summed E-state index contributed by atoms with van der Waals surface area (Å²) in [7, 11) is 2.15. The van der Waals surface area contributed by atoms with Crippen LogP contribution >= 0.6 is 0 Å². The fourth-order valence-corrected chi connectivity index (χ4v) is 4.27. The Balaban J connectivity index is 1.36. The van der Waals surface area contributed by atoms with Crippen LogP contribution in [-0.2, 0) is 6.54 Å². The number of piperazine rings is 1. The van der Waals surface area contributed by atoms with Gasteiger partial charge in [-0.3, -0.25) is 9.48 Å². The number of nitrogens with one attached hydrogen (secondary N) is 1. The average Bonchev–Trinajstić information content (AvgIpc) is 3.30. The van der Waals surface area contributed by atoms with Crippen LogP contribution in [0.2, 0.25) is 0 Å².